The molecule has 3 heterocycles. The van der Waals surface area contributed by atoms with Crippen LogP contribution < -0.4 is 15.4 Å². The molecule has 0 aliphatic heterocycles. The van der Waals surface area contributed by atoms with E-state index in [4.69, 9.17) is 14.7 Å². The van der Waals surface area contributed by atoms with E-state index in [-0.39, 0.29) is 11.8 Å². The zero-order valence-corrected chi connectivity index (χ0v) is 22.4. The SMILES string of the molecule is COc1c(Nc2cc(NC(=O)C3CC3)nc3c2nc(C2CC2)n3PI)cccc1-c1ncn(C)n1. The fourth-order valence-electron chi connectivity index (χ4n) is 4.14. The summed E-state index contributed by atoms with van der Waals surface area (Å²) in [4.78, 5) is 26.7. The molecule has 1 unspecified atom stereocenters. The Morgan fingerprint density at radius 3 is 2.69 bits per heavy atom. The summed E-state index contributed by atoms with van der Waals surface area (Å²) in [7, 11) is 3.46. The number of carbonyl (C=O) groups excluding carboxylic acids is 1. The Morgan fingerprint density at radius 2 is 2.03 bits per heavy atom. The van der Waals surface area contributed by atoms with E-state index in [1.807, 2.05) is 31.3 Å². The molecule has 2 saturated carbocycles. The van der Waals surface area contributed by atoms with Crippen LogP contribution in [0.1, 0.15) is 37.4 Å². The van der Waals surface area contributed by atoms with Gasteiger partial charge in [0, 0.05) is 24.9 Å². The Balaban J connectivity index is 1.46. The highest BCUT2D eigenvalue weighted by molar-refractivity contribution is 14.2. The number of pyridine rings is 1. The van der Waals surface area contributed by atoms with E-state index in [0.717, 1.165) is 59.6 Å². The number of aromatic nitrogens is 6. The summed E-state index contributed by atoms with van der Waals surface area (Å²) in [6.07, 6.45) is 6.28. The Labute approximate surface area is 216 Å². The van der Waals surface area contributed by atoms with Gasteiger partial charge in [-0.25, -0.2) is 15.0 Å². The molecule has 2 aliphatic carbocycles. The van der Waals surface area contributed by atoms with E-state index < -0.39 is 0 Å². The molecule has 12 heteroatoms. The molecule has 0 radical (unpaired) electrons. The third-order valence-electron chi connectivity index (χ3n) is 6.20. The Morgan fingerprint density at radius 1 is 1.20 bits per heavy atom. The summed E-state index contributed by atoms with van der Waals surface area (Å²) < 4.78 is 9.63. The van der Waals surface area contributed by atoms with Gasteiger partial charge < -0.3 is 15.4 Å². The van der Waals surface area contributed by atoms with Gasteiger partial charge in [-0.3, -0.25) is 13.8 Å². The van der Waals surface area contributed by atoms with Crippen molar-refractivity contribution in [2.75, 3.05) is 17.7 Å². The normalized spacial score (nSPS) is 15.7. The number of imidazole rings is 1. The summed E-state index contributed by atoms with van der Waals surface area (Å²) >= 11 is 2.37. The van der Waals surface area contributed by atoms with Crippen molar-refractivity contribution in [2.24, 2.45) is 13.0 Å². The van der Waals surface area contributed by atoms with Crippen molar-refractivity contribution in [1.82, 2.24) is 29.1 Å². The molecule has 3 aromatic heterocycles. The topological polar surface area (TPSA) is 112 Å². The van der Waals surface area contributed by atoms with Gasteiger partial charge in [-0.2, -0.15) is 5.10 Å². The molecule has 0 bridgehead atoms. The highest BCUT2D eigenvalue weighted by Crippen LogP contribution is 2.46. The van der Waals surface area contributed by atoms with Gasteiger partial charge >= 0.3 is 0 Å². The van der Waals surface area contributed by atoms with Crippen LogP contribution in [-0.2, 0) is 11.8 Å². The van der Waals surface area contributed by atoms with Crippen LogP contribution in [0.5, 0.6) is 5.75 Å². The molecule has 1 atom stereocenters. The van der Waals surface area contributed by atoms with Gasteiger partial charge in [-0.05, 0) is 59.9 Å². The number of amides is 1. The maximum Gasteiger partial charge on any atom is 0.228 e. The predicted octanol–water partition coefficient (Wildman–Crippen LogP) is 5.00. The lowest BCUT2D eigenvalue weighted by Gasteiger charge is -2.15. The number of benzene rings is 1. The third-order valence-corrected chi connectivity index (χ3v) is 8.25. The predicted molar refractivity (Wildman–Crippen MR) is 145 cm³/mol. The molecule has 35 heavy (non-hydrogen) atoms. The number of aryl methyl sites for hydroxylation is 1. The number of nitrogens with zero attached hydrogens (tertiary/aromatic N) is 6. The van der Waals surface area contributed by atoms with Crippen LogP contribution in [0.25, 0.3) is 22.6 Å². The van der Waals surface area contributed by atoms with Gasteiger partial charge in [0.2, 0.25) is 5.91 Å². The first-order valence-corrected chi connectivity index (χ1v) is 15.5. The molecule has 2 fully saturated rings. The number of hydrogen-bond acceptors (Lipinski definition) is 7. The van der Waals surface area contributed by atoms with E-state index in [1.54, 1.807) is 18.1 Å². The van der Waals surface area contributed by atoms with E-state index in [1.165, 1.54) is 0 Å². The smallest absolute Gasteiger partial charge is 0.228 e. The molecule has 4 aromatic rings. The average Bonchev–Trinajstić information content (AvgIpc) is 3.79. The van der Waals surface area contributed by atoms with Gasteiger partial charge in [0.25, 0.3) is 0 Å². The second kappa shape index (κ2) is 9.02. The van der Waals surface area contributed by atoms with Crippen molar-refractivity contribution in [2.45, 2.75) is 31.6 Å². The molecule has 10 nitrogen and oxygen atoms in total. The van der Waals surface area contributed by atoms with Crippen LogP contribution in [0.15, 0.2) is 30.6 Å². The van der Waals surface area contributed by atoms with Crippen LogP contribution in [0, 0.1) is 5.92 Å². The lowest BCUT2D eigenvalue weighted by Crippen LogP contribution is -2.14. The molecule has 180 valence electrons. The van der Waals surface area contributed by atoms with E-state index in [9.17, 15) is 4.79 Å². The number of anilines is 3. The van der Waals surface area contributed by atoms with Crippen LogP contribution in [0.3, 0.4) is 0 Å². The van der Waals surface area contributed by atoms with E-state index in [2.05, 4.69) is 47.1 Å². The zero-order chi connectivity index (χ0) is 24.1. The second-order valence-electron chi connectivity index (χ2n) is 8.91. The minimum absolute atomic E-state index is 0.0222. The van der Waals surface area contributed by atoms with Crippen molar-refractivity contribution in [1.29, 1.82) is 0 Å². The quantitative estimate of drug-likeness (QED) is 0.216. The molecular formula is C23H24IN8O2P. The number of methoxy groups -OCH3 is 1. The van der Waals surface area contributed by atoms with Gasteiger partial charge in [-0.1, -0.05) is 6.07 Å². The number of hydrogen-bond donors (Lipinski definition) is 2. The number of carbonyl (C=O) groups is 1. The summed E-state index contributed by atoms with van der Waals surface area (Å²) in [6.45, 7) is 0. The monoisotopic (exact) mass is 602 g/mol. The minimum atomic E-state index is 0.0222. The molecule has 6 rings (SSSR count). The van der Waals surface area contributed by atoms with Crippen LogP contribution in [0.4, 0.5) is 17.2 Å². The zero-order valence-electron chi connectivity index (χ0n) is 19.2. The summed E-state index contributed by atoms with van der Waals surface area (Å²) in [6, 6.07) is 7.67. The number of rotatable bonds is 8. The highest BCUT2D eigenvalue weighted by atomic mass is 127. The van der Waals surface area contributed by atoms with Crippen LogP contribution in [-0.4, -0.2) is 42.1 Å². The second-order valence-corrected chi connectivity index (χ2v) is 11.0. The summed E-state index contributed by atoms with van der Waals surface area (Å²) in [5.74, 6) is 3.38. The largest absolute Gasteiger partial charge is 0.494 e. The lowest BCUT2D eigenvalue weighted by molar-refractivity contribution is -0.117. The van der Waals surface area contributed by atoms with Crippen molar-refractivity contribution < 1.29 is 9.53 Å². The Kier molecular flexibility index (Phi) is 5.84. The van der Waals surface area contributed by atoms with Gasteiger partial charge in [0.1, 0.15) is 23.5 Å². The maximum atomic E-state index is 12.5. The van der Waals surface area contributed by atoms with Crippen molar-refractivity contribution >= 4 is 62.7 Å². The fraction of sp³-hybridized carbons (Fsp3) is 0.348. The summed E-state index contributed by atoms with van der Waals surface area (Å²) in [5.41, 5.74) is 3.86. The lowest BCUT2D eigenvalue weighted by atomic mass is 10.1. The third kappa shape index (κ3) is 4.35. The van der Waals surface area contributed by atoms with E-state index in [0.29, 0.717) is 29.7 Å². The fourth-order valence-corrected chi connectivity index (χ4v) is 6.12. The molecule has 2 N–H and O–H groups in total. The standard InChI is InChI=1S/C23H24IN8O2P/c1-31-11-25-20(30-31)14-4-3-5-15(19(14)34-2)26-16-10-17(28-23(33)13-8-9-13)27-22-18(16)29-21(12-6-7-12)32(22)35-24/h3-5,10-13,35H,6-9H2,1-2H3,(H2,26,27,28,33). The van der Waals surface area contributed by atoms with Crippen molar-refractivity contribution in [3.05, 3.63) is 36.4 Å². The molecule has 1 amide bonds. The molecule has 2 aliphatic rings. The Bertz CT molecular complexity index is 1440. The molecular weight excluding hydrogens is 578 g/mol. The number of halogens is 1. The molecule has 0 spiro atoms. The number of para-hydroxylation sites is 1. The van der Waals surface area contributed by atoms with Crippen molar-refractivity contribution in [3.8, 4) is 17.1 Å². The van der Waals surface area contributed by atoms with Gasteiger partial charge in [0.15, 0.2) is 17.2 Å². The number of ether oxygens (including phenoxy) is 1. The first-order chi connectivity index (χ1) is 17.1. The van der Waals surface area contributed by atoms with Gasteiger partial charge in [0.05, 0.1) is 30.4 Å². The average molecular weight is 602 g/mol. The summed E-state index contributed by atoms with van der Waals surface area (Å²) in [5, 5.41) is 11.0. The molecule has 1 aromatic carbocycles. The van der Waals surface area contributed by atoms with E-state index >= 15 is 0 Å². The Hall–Kier alpha value is -2.79. The van der Waals surface area contributed by atoms with Crippen molar-refractivity contribution in [3.63, 3.8) is 0 Å². The first kappa shape index (κ1) is 22.7. The minimum Gasteiger partial charge on any atom is -0.494 e. The van der Waals surface area contributed by atoms with Crippen LogP contribution >= 0.6 is 28.4 Å². The maximum absolute atomic E-state index is 12.5. The number of nitrogens with one attached hydrogen (secondary N) is 2. The number of fused-ring (bicyclic) bond motifs is 1. The highest BCUT2D eigenvalue weighted by Gasteiger charge is 2.32. The van der Waals surface area contributed by atoms with Crippen LogP contribution in [0.2, 0.25) is 0 Å². The van der Waals surface area contributed by atoms with Gasteiger partial charge in [-0.15, -0.1) is 0 Å². The molecule has 0 saturated heterocycles. The first-order valence-electron chi connectivity index (χ1n) is 11.5.